The average Bonchev–Trinajstić information content (AvgIpc) is 2.19. The van der Waals surface area contributed by atoms with E-state index >= 15 is 0 Å². The average molecular weight is 191 g/mol. The van der Waals surface area contributed by atoms with Gasteiger partial charge in [0.15, 0.2) is 5.78 Å². The first-order chi connectivity index (χ1) is 6.74. The standard InChI is InChI=1S/C11H11O3/c1-2-14-11(13)8-10(12)9-6-4-3-5-7-9/h3-8H,2H2,1H3. The Balaban J connectivity index is 2.55. The second-order valence-electron chi connectivity index (χ2n) is 2.63. The largest absolute Gasteiger partial charge is 0.465 e. The van der Waals surface area contributed by atoms with Crippen LogP contribution in [0.4, 0.5) is 0 Å². The maximum Gasteiger partial charge on any atom is 0.318 e. The molecule has 0 N–H and O–H groups in total. The smallest absolute Gasteiger partial charge is 0.318 e. The second kappa shape index (κ2) is 5.17. The predicted octanol–water partition coefficient (Wildman–Crippen LogP) is 1.64. The van der Waals surface area contributed by atoms with Gasteiger partial charge in [0.25, 0.3) is 0 Å². The van der Waals surface area contributed by atoms with E-state index in [4.69, 9.17) is 0 Å². The van der Waals surface area contributed by atoms with Crippen LogP contribution < -0.4 is 0 Å². The van der Waals surface area contributed by atoms with Crippen LogP contribution in [0.1, 0.15) is 17.3 Å². The van der Waals surface area contributed by atoms with Crippen LogP contribution >= 0.6 is 0 Å². The van der Waals surface area contributed by atoms with Gasteiger partial charge in [-0.1, -0.05) is 30.3 Å². The highest BCUT2D eigenvalue weighted by Crippen LogP contribution is 2.02. The molecule has 73 valence electrons. The number of Topliss-reactive ketones (excluding diaryl/α,β-unsaturated/α-hetero) is 1. The van der Waals surface area contributed by atoms with E-state index in [1.165, 1.54) is 0 Å². The van der Waals surface area contributed by atoms with Crippen LogP contribution in [0.2, 0.25) is 0 Å². The van der Waals surface area contributed by atoms with Gasteiger partial charge in [0, 0.05) is 5.56 Å². The third-order valence-corrected chi connectivity index (χ3v) is 1.59. The van der Waals surface area contributed by atoms with E-state index in [2.05, 4.69) is 4.74 Å². The highest BCUT2D eigenvalue weighted by Gasteiger charge is 2.12. The number of carbonyl (C=O) groups is 2. The normalized spacial score (nSPS) is 9.50. The zero-order valence-electron chi connectivity index (χ0n) is 7.90. The molecule has 1 aromatic rings. The minimum absolute atomic E-state index is 0.275. The second-order valence-corrected chi connectivity index (χ2v) is 2.63. The van der Waals surface area contributed by atoms with Crippen molar-refractivity contribution in [2.24, 2.45) is 0 Å². The third kappa shape index (κ3) is 3.01. The zero-order valence-corrected chi connectivity index (χ0v) is 7.90. The van der Waals surface area contributed by atoms with Crippen LogP contribution in [0.25, 0.3) is 0 Å². The fourth-order valence-corrected chi connectivity index (χ4v) is 0.977. The molecule has 0 saturated carbocycles. The predicted molar refractivity (Wildman–Crippen MR) is 51.7 cm³/mol. The summed E-state index contributed by atoms with van der Waals surface area (Å²) in [6.07, 6.45) is 0.957. The maximum absolute atomic E-state index is 11.4. The van der Waals surface area contributed by atoms with Crippen LogP contribution in [0.3, 0.4) is 0 Å². The van der Waals surface area contributed by atoms with Gasteiger partial charge in [-0.05, 0) is 6.92 Å². The van der Waals surface area contributed by atoms with Gasteiger partial charge in [-0.15, -0.1) is 0 Å². The van der Waals surface area contributed by atoms with Crippen LogP contribution in [-0.4, -0.2) is 18.4 Å². The highest BCUT2D eigenvalue weighted by molar-refractivity contribution is 6.15. The van der Waals surface area contributed by atoms with Crippen LogP contribution in [0.15, 0.2) is 30.3 Å². The monoisotopic (exact) mass is 191 g/mol. The molecule has 3 nitrogen and oxygen atoms in total. The Hall–Kier alpha value is -1.64. The first-order valence-electron chi connectivity index (χ1n) is 4.35. The van der Waals surface area contributed by atoms with Crippen molar-refractivity contribution in [3.63, 3.8) is 0 Å². The lowest BCUT2D eigenvalue weighted by Gasteiger charge is -2.00. The number of carbonyl (C=O) groups excluding carboxylic acids is 2. The van der Waals surface area contributed by atoms with Crippen molar-refractivity contribution in [2.45, 2.75) is 6.92 Å². The molecule has 0 bridgehead atoms. The minimum atomic E-state index is -0.596. The molecular weight excluding hydrogens is 180 g/mol. The fraction of sp³-hybridized carbons (Fsp3) is 0.182. The summed E-state index contributed by atoms with van der Waals surface area (Å²) in [6.45, 7) is 1.97. The first-order valence-corrected chi connectivity index (χ1v) is 4.35. The summed E-state index contributed by atoms with van der Waals surface area (Å²) in [5.74, 6) is -0.926. The van der Waals surface area contributed by atoms with Crippen molar-refractivity contribution in [3.8, 4) is 0 Å². The van der Waals surface area contributed by atoms with E-state index < -0.39 is 5.97 Å². The highest BCUT2D eigenvalue weighted by atomic mass is 16.5. The van der Waals surface area contributed by atoms with Crippen LogP contribution in [-0.2, 0) is 9.53 Å². The first kappa shape index (κ1) is 10.4. The number of ether oxygens (including phenoxy) is 1. The van der Waals surface area contributed by atoms with Crippen LogP contribution in [0, 0.1) is 6.42 Å². The zero-order chi connectivity index (χ0) is 10.4. The van der Waals surface area contributed by atoms with E-state index in [-0.39, 0.29) is 12.4 Å². The molecule has 0 amide bonds. The van der Waals surface area contributed by atoms with Gasteiger partial charge >= 0.3 is 5.97 Å². The summed E-state index contributed by atoms with van der Waals surface area (Å²) in [5.41, 5.74) is 0.487. The van der Waals surface area contributed by atoms with Gasteiger partial charge in [-0.3, -0.25) is 9.59 Å². The van der Waals surface area contributed by atoms with Crippen LogP contribution in [0.5, 0.6) is 0 Å². The Kier molecular flexibility index (Phi) is 3.85. The van der Waals surface area contributed by atoms with Gasteiger partial charge in [-0.2, -0.15) is 0 Å². The maximum atomic E-state index is 11.4. The quantitative estimate of drug-likeness (QED) is 0.413. The SMILES string of the molecule is CCOC(=O)[CH]C(=O)c1ccccc1. The van der Waals surface area contributed by atoms with Gasteiger partial charge in [-0.25, -0.2) is 0 Å². The summed E-state index contributed by atoms with van der Waals surface area (Å²) in [6, 6.07) is 8.59. The lowest BCUT2D eigenvalue weighted by atomic mass is 10.1. The molecule has 3 heteroatoms. The Labute approximate surface area is 82.7 Å². The Morgan fingerprint density at radius 1 is 1.29 bits per heavy atom. The lowest BCUT2D eigenvalue weighted by molar-refractivity contribution is -0.138. The molecule has 0 aromatic heterocycles. The summed E-state index contributed by atoms with van der Waals surface area (Å²) >= 11 is 0. The molecular formula is C11H11O3. The Bertz CT molecular complexity index is 317. The number of benzene rings is 1. The van der Waals surface area contributed by atoms with Gasteiger partial charge < -0.3 is 4.74 Å². The van der Waals surface area contributed by atoms with E-state index in [1.807, 2.05) is 0 Å². The summed E-state index contributed by atoms with van der Waals surface area (Å²) in [7, 11) is 0. The summed E-state index contributed by atoms with van der Waals surface area (Å²) in [5, 5.41) is 0. The van der Waals surface area contributed by atoms with E-state index in [0.717, 1.165) is 6.42 Å². The molecule has 0 spiro atoms. The molecule has 0 fully saturated rings. The molecule has 0 atom stereocenters. The molecule has 1 rings (SSSR count). The lowest BCUT2D eigenvalue weighted by Crippen LogP contribution is -2.12. The number of hydrogen-bond donors (Lipinski definition) is 0. The van der Waals surface area contributed by atoms with Gasteiger partial charge in [0.2, 0.25) is 0 Å². The van der Waals surface area contributed by atoms with E-state index in [0.29, 0.717) is 5.56 Å². The Morgan fingerprint density at radius 3 is 2.50 bits per heavy atom. The fourth-order valence-electron chi connectivity index (χ4n) is 0.977. The van der Waals surface area contributed by atoms with Gasteiger partial charge in [0.05, 0.1) is 6.61 Å². The van der Waals surface area contributed by atoms with Crippen molar-refractivity contribution < 1.29 is 14.3 Å². The Morgan fingerprint density at radius 2 is 1.93 bits per heavy atom. The van der Waals surface area contributed by atoms with Gasteiger partial charge in [0.1, 0.15) is 6.42 Å². The minimum Gasteiger partial charge on any atom is -0.465 e. The van der Waals surface area contributed by atoms with Crippen molar-refractivity contribution >= 4 is 11.8 Å². The van der Waals surface area contributed by atoms with E-state index in [1.54, 1.807) is 37.3 Å². The summed E-state index contributed by atoms with van der Waals surface area (Å²) in [4.78, 5) is 22.3. The van der Waals surface area contributed by atoms with Crippen molar-refractivity contribution in [1.82, 2.24) is 0 Å². The third-order valence-electron chi connectivity index (χ3n) is 1.59. The number of rotatable bonds is 4. The molecule has 14 heavy (non-hydrogen) atoms. The van der Waals surface area contributed by atoms with E-state index in [9.17, 15) is 9.59 Å². The summed E-state index contributed by atoms with van der Waals surface area (Å²) < 4.78 is 4.62. The molecule has 1 radical (unpaired) electrons. The van der Waals surface area contributed by atoms with Crippen molar-refractivity contribution in [3.05, 3.63) is 42.3 Å². The van der Waals surface area contributed by atoms with Crippen molar-refractivity contribution in [1.29, 1.82) is 0 Å². The molecule has 0 aliphatic carbocycles. The molecule has 0 unspecified atom stereocenters. The molecule has 0 heterocycles. The number of ketones is 1. The molecule has 0 saturated heterocycles. The number of esters is 1. The molecule has 1 aromatic carbocycles. The number of hydrogen-bond acceptors (Lipinski definition) is 3. The topological polar surface area (TPSA) is 43.4 Å². The van der Waals surface area contributed by atoms with Crippen molar-refractivity contribution in [2.75, 3.05) is 6.61 Å². The molecule has 0 aliphatic rings. The molecule has 0 aliphatic heterocycles.